The molecule has 2 N–H and O–H groups in total. The molecule has 0 aliphatic carbocycles. The molecular formula is C13H18Cl2N2O. The minimum absolute atomic E-state index is 0.0558. The van der Waals surface area contributed by atoms with Crippen LogP contribution in [-0.4, -0.2) is 18.5 Å². The Hall–Kier alpha value is -0.930. The molecule has 1 unspecified atom stereocenters. The summed E-state index contributed by atoms with van der Waals surface area (Å²) in [4.78, 5) is 11.8. The summed E-state index contributed by atoms with van der Waals surface area (Å²) >= 11 is 12.0. The highest BCUT2D eigenvalue weighted by Gasteiger charge is 2.14. The van der Waals surface area contributed by atoms with Crippen molar-refractivity contribution in [1.82, 2.24) is 5.32 Å². The van der Waals surface area contributed by atoms with E-state index in [-0.39, 0.29) is 11.9 Å². The van der Waals surface area contributed by atoms with E-state index in [0.717, 1.165) is 0 Å². The molecule has 0 aliphatic rings. The standard InChI is InChI=1S/C13H18Cl2N2O/c1-8(2)7-16-13(18)9(3)17-11-6-4-5-10(14)12(11)15/h4-6,8-9,17H,7H2,1-3H3,(H,16,18). The summed E-state index contributed by atoms with van der Waals surface area (Å²) < 4.78 is 0. The summed E-state index contributed by atoms with van der Waals surface area (Å²) in [6, 6.07) is 4.92. The molecule has 0 fully saturated rings. The van der Waals surface area contributed by atoms with Gasteiger partial charge < -0.3 is 10.6 Å². The van der Waals surface area contributed by atoms with Crippen molar-refractivity contribution in [2.45, 2.75) is 26.8 Å². The smallest absolute Gasteiger partial charge is 0.242 e. The molecule has 1 rings (SSSR count). The monoisotopic (exact) mass is 288 g/mol. The number of amides is 1. The first kappa shape index (κ1) is 15.1. The van der Waals surface area contributed by atoms with Crippen LogP contribution in [-0.2, 0) is 4.79 Å². The number of rotatable bonds is 5. The first-order valence-corrected chi connectivity index (χ1v) is 6.65. The maximum absolute atomic E-state index is 11.8. The summed E-state index contributed by atoms with van der Waals surface area (Å²) in [5.74, 6) is 0.371. The fraction of sp³-hybridized carbons (Fsp3) is 0.462. The molecule has 0 saturated heterocycles. The Bertz CT molecular complexity index is 421. The van der Waals surface area contributed by atoms with Crippen LogP contribution < -0.4 is 10.6 Å². The van der Waals surface area contributed by atoms with Crippen LogP contribution in [0.5, 0.6) is 0 Å². The average molecular weight is 289 g/mol. The maximum atomic E-state index is 11.8. The van der Waals surface area contributed by atoms with E-state index in [9.17, 15) is 4.79 Å². The van der Waals surface area contributed by atoms with Crippen molar-refractivity contribution < 1.29 is 4.79 Å². The van der Waals surface area contributed by atoms with Crippen LogP contribution in [0.3, 0.4) is 0 Å². The topological polar surface area (TPSA) is 41.1 Å². The lowest BCUT2D eigenvalue weighted by molar-refractivity contribution is -0.121. The first-order valence-electron chi connectivity index (χ1n) is 5.90. The van der Waals surface area contributed by atoms with Crippen LogP contribution in [0.15, 0.2) is 18.2 Å². The van der Waals surface area contributed by atoms with Gasteiger partial charge in [0.1, 0.15) is 6.04 Å². The summed E-state index contributed by atoms with van der Waals surface area (Å²) in [7, 11) is 0. The molecule has 0 bridgehead atoms. The van der Waals surface area contributed by atoms with Crippen molar-refractivity contribution >= 4 is 34.8 Å². The molecule has 0 aliphatic heterocycles. The minimum atomic E-state index is -0.361. The Kier molecular flexibility index (Phi) is 5.76. The molecular weight excluding hydrogens is 271 g/mol. The first-order chi connectivity index (χ1) is 8.41. The zero-order valence-electron chi connectivity index (χ0n) is 10.8. The van der Waals surface area contributed by atoms with Gasteiger partial charge in [-0.1, -0.05) is 43.1 Å². The number of halogens is 2. The van der Waals surface area contributed by atoms with Crippen molar-refractivity contribution in [3.05, 3.63) is 28.2 Å². The summed E-state index contributed by atoms with van der Waals surface area (Å²) in [6.07, 6.45) is 0. The number of anilines is 1. The lowest BCUT2D eigenvalue weighted by Crippen LogP contribution is -2.39. The van der Waals surface area contributed by atoms with Crippen LogP contribution in [0, 0.1) is 5.92 Å². The van der Waals surface area contributed by atoms with Gasteiger partial charge in [0.15, 0.2) is 0 Å². The summed E-state index contributed by atoms with van der Waals surface area (Å²) in [5.41, 5.74) is 0.663. The second kappa shape index (κ2) is 6.86. The van der Waals surface area contributed by atoms with Gasteiger partial charge in [0.2, 0.25) is 5.91 Å². The van der Waals surface area contributed by atoms with Crippen molar-refractivity contribution in [3.8, 4) is 0 Å². The third kappa shape index (κ3) is 4.39. The third-order valence-corrected chi connectivity index (χ3v) is 3.22. The Balaban J connectivity index is 2.61. The highest BCUT2D eigenvalue weighted by atomic mass is 35.5. The van der Waals surface area contributed by atoms with Crippen molar-refractivity contribution in [1.29, 1.82) is 0 Å². The molecule has 0 saturated carbocycles. The van der Waals surface area contributed by atoms with Crippen molar-refractivity contribution in [2.75, 3.05) is 11.9 Å². The fourth-order valence-electron chi connectivity index (χ4n) is 1.37. The number of benzene rings is 1. The Morgan fingerprint density at radius 2 is 1.94 bits per heavy atom. The maximum Gasteiger partial charge on any atom is 0.242 e. The van der Waals surface area contributed by atoms with Gasteiger partial charge in [-0.15, -0.1) is 0 Å². The predicted molar refractivity (Wildman–Crippen MR) is 77.4 cm³/mol. The molecule has 18 heavy (non-hydrogen) atoms. The van der Waals surface area contributed by atoms with E-state index in [1.54, 1.807) is 25.1 Å². The minimum Gasteiger partial charge on any atom is -0.373 e. The molecule has 0 spiro atoms. The molecule has 1 aromatic carbocycles. The van der Waals surface area contributed by atoms with E-state index in [2.05, 4.69) is 10.6 Å². The molecule has 0 aromatic heterocycles. The van der Waals surface area contributed by atoms with Crippen molar-refractivity contribution in [3.63, 3.8) is 0 Å². The van der Waals surface area contributed by atoms with E-state index in [1.165, 1.54) is 0 Å². The Labute approximate surface area is 118 Å². The van der Waals surface area contributed by atoms with E-state index in [0.29, 0.717) is 28.2 Å². The molecule has 3 nitrogen and oxygen atoms in total. The number of carbonyl (C=O) groups is 1. The highest BCUT2D eigenvalue weighted by molar-refractivity contribution is 6.43. The SMILES string of the molecule is CC(C)CNC(=O)C(C)Nc1cccc(Cl)c1Cl. The predicted octanol–water partition coefficient (Wildman–Crippen LogP) is 3.57. The van der Waals surface area contributed by atoms with Gasteiger partial charge in [-0.05, 0) is 25.0 Å². The Morgan fingerprint density at radius 3 is 2.56 bits per heavy atom. The zero-order valence-corrected chi connectivity index (χ0v) is 12.3. The number of hydrogen-bond donors (Lipinski definition) is 2. The molecule has 100 valence electrons. The lowest BCUT2D eigenvalue weighted by atomic mass is 10.2. The van der Waals surface area contributed by atoms with E-state index in [1.807, 2.05) is 13.8 Å². The Morgan fingerprint density at radius 1 is 1.28 bits per heavy atom. The van der Waals surface area contributed by atoms with Gasteiger partial charge in [0.25, 0.3) is 0 Å². The second-order valence-corrected chi connectivity index (χ2v) is 5.39. The number of carbonyl (C=O) groups excluding carboxylic acids is 1. The van der Waals surface area contributed by atoms with Crippen LogP contribution in [0.1, 0.15) is 20.8 Å². The normalized spacial score (nSPS) is 12.3. The van der Waals surface area contributed by atoms with Gasteiger partial charge >= 0.3 is 0 Å². The largest absolute Gasteiger partial charge is 0.373 e. The van der Waals surface area contributed by atoms with Gasteiger partial charge in [-0.25, -0.2) is 0 Å². The summed E-state index contributed by atoms with van der Waals surface area (Å²) in [5, 5.41) is 6.81. The van der Waals surface area contributed by atoms with Crippen LogP contribution in [0.2, 0.25) is 10.0 Å². The molecule has 0 radical (unpaired) electrons. The van der Waals surface area contributed by atoms with Crippen LogP contribution in [0.4, 0.5) is 5.69 Å². The van der Waals surface area contributed by atoms with Gasteiger partial charge in [-0.3, -0.25) is 4.79 Å². The second-order valence-electron chi connectivity index (χ2n) is 4.61. The van der Waals surface area contributed by atoms with Gasteiger partial charge in [0, 0.05) is 6.54 Å². The number of nitrogens with one attached hydrogen (secondary N) is 2. The quantitative estimate of drug-likeness (QED) is 0.870. The van der Waals surface area contributed by atoms with E-state index < -0.39 is 0 Å². The fourth-order valence-corrected chi connectivity index (χ4v) is 1.73. The zero-order chi connectivity index (χ0) is 13.7. The number of hydrogen-bond acceptors (Lipinski definition) is 2. The molecule has 1 amide bonds. The molecule has 1 atom stereocenters. The van der Waals surface area contributed by atoms with E-state index in [4.69, 9.17) is 23.2 Å². The van der Waals surface area contributed by atoms with Gasteiger partial charge in [-0.2, -0.15) is 0 Å². The van der Waals surface area contributed by atoms with Crippen molar-refractivity contribution in [2.24, 2.45) is 5.92 Å². The van der Waals surface area contributed by atoms with E-state index >= 15 is 0 Å². The molecule has 1 aromatic rings. The molecule has 0 heterocycles. The van der Waals surface area contributed by atoms with Gasteiger partial charge in [0.05, 0.1) is 15.7 Å². The lowest BCUT2D eigenvalue weighted by Gasteiger charge is -2.17. The average Bonchev–Trinajstić information content (AvgIpc) is 2.31. The third-order valence-electron chi connectivity index (χ3n) is 2.40. The van der Waals surface area contributed by atoms with Crippen LogP contribution >= 0.6 is 23.2 Å². The van der Waals surface area contributed by atoms with Crippen LogP contribution in [0.25, 0.3) is 0 Å². The molecule has 5 heteroatoms. The highest BCUT2D eigenvalue weighted by Crippen LogP contribution is 2.29. The summed E-state index contributed by atoms with van der Waals surface area (Å²) in [6.45, 7) is 6.54.